The largest absolute Gasteiger partial charge is 0.398 e. The van der Waals surface area contributed by atoms with Crippen LogP contribution in [0.15, 0.2) is 41.1 Å². The van der Waals surface area contributed by atoms with Crippen LogP contribution < -0.4 is 5.73 Å². The summed E-state index contributed by atoms with van der Waals surface area (Å²) in [6.45, 7) is 1.88. The van der Waals surface area contributed by atoms with Gasteiger partial charge in [0.1, 0.15) is 0 Å². The number of rotatable bonds is 2. The molecule has 0 aliphatic heterocycles. The first-order valence-electron chi connectivity index (χ1n) is 5.10. The minimum absolute atomic E-state index is 0.0967. The van der Waals surface area contributed by atoms with E-state index in [0.717, 1.165) is 10.0 Å². The van der Waals surface area contributed by atoms with Crippen LogP contribution in [0.1, 0.15) is 21.5 Å². The molecule has 3 nitrogen and oxygen atoms in total. The number of nitrogens with zero attached hydrogens (tertiary/aromatic N) is 1. The second kappa shape index (κ2) is 4.67. The molecule has 2 aromatic rings. The minimum Gasteiger partial charge on any atom is -0.398 e. The Labute approximate surface area is 108 Å². The first-order chi connectivity index (χ1) is 8.09. The highest BCUT2D eigenvalue weighted by Gasteiger charge is 2.14. The summed E-state index contributed by atoms with van der Waals surface area (Å²) < 4.78 is 0.856. The van der Waals surface area contributed by atoms with Crippen LogP contribution in [-0.2, 0) is 0 Å². The van der Waals surface area contributed by atoms with Crippen molar-refractivity contribution in [1.82, 2.24) is 4.98 Å². The highest BCUT2D eigenvalue weighted by atomic mass is 79.9. The summed E-state index contributed by atoms with van der Waals surface area (Å²) in [6, 6.07) is 7.05. The van der Waals surface area contributed by atoms with E-state index < -0.39 is 0 Å². The number of ketones is 1. The van der Waals surface area contributed by atoms with Crippen LogP contribution in [0, 0.1) is 6.92 Å². The Hall–Kier alpha value is -1.68. The number of anilines is 1. The average Bonchev–Trinajstić information content (AvgIpc) is 2.29. The van der Waals surface area contributed by atoms with E-state index in [1.807, 2.05) is 13.0 Å². The molecule has 0 saturated heterocycles. The summed E-state index contributed by atoms with van der Waals surface area (Å²) in [5.74, 6) is -0.0967. The molecule has 1 aromatic heterocycles. The highest BCUT2D eigenvalue weighted by molar-refractivity contribution is 9.10. The minimum atomic E-state index is -0.0967. The number of pyridine rings is 1. The topological polar surface area (TPSA) is 56.0 Å². The SMILES string of the molecule is Cc1ccncc1C(=O)c1ccc(Br)cc1N. The second-order valence-electron chi connectivity index (χ2n) is 3.75. The summed E-state index contributed by atoms with van der Waals surface area (Å²) in [5, 5.41) is 0. The smallest absolute Gasteiger partial charge is 0.196 e. The molecule has 2 rings (SSSR count). The van der Waals surface area contributed by atoms with Crippen molar-refractivity contribution in [1.29, 1.82) is 0 Å². The standard InChI is InChI=1S/C13H11BrN2O/c1-8-4-5-16-7-11(8)13(17)10-3-2-9(14)6-12(10)15/h2-7H,15H2,1H3. The predicted octanol–water partition coefficient (Wildman–Crippen LogP) is 2.97. The lowest BCUT2D eigenvalue weighted by Crippen LogP contribution is -2.07. The van der Waals surface area contributed by atoms with Crippen LogP contribution in [0.25, 0.3) is 0 Å². The van der Waals surface area contributed by atoms with E-state index in [1.54, 1.807) is 30.6 Å². The Morgan fingerprint density at radius 2 is 2.06 bits per heavy atom. The number of halogens is 1. The molecule has 0 unspecified atom stereocenters. The number of benzene rings is 1. The van der Waals surface area contributed by atoms with E-state index in [0.29, 0.717) is 16.8 Å². The first kappa shape index (κ1) is 11.8. The van der Waals surface area contributed by atoms with Gasteiger partial charge in [0, 0.05) is 33.7 Å². The zero-order chi connectivity index (χ0) is 12.4. The number of nitrogens with two attached hydrogens (primary N) is 1. The van der Waals surface area contributed by atoms with Crippen molar-refractivity contribution in [2.45, 2.75) is 6.92 Å². The van der Waals surface area contributed by atoms with Gasteiger partial charge in [0.2, 0.25) is 0 Å². The molecule has 0 radical (unpaired) electrons. The molecule has 0 saturated carbocycles. The molecule has 0 amide bonds. The van der Waals surface area contributed by atoms with E-state index in [4.69, 9.17) is 5.73 Å². The van der Waals surface area contributed by atoms with Crippen LogP contribution in [0.3, 0.4) is 0 Å². The Morgan fingerprint density at radius 3 is 2.71 bits per heavy atom. The molecule has 17 heavy (non-hydrogen) atoms. The molecule has 1 aromatic carbocycles. The van der Waals surface area contributed by atoms with Gasteiger partial charge in [-0.25, -0.2) is 0 Å². The van der Waals surface area contributed by atoms with Gasteiger partial charge in [-0.15, -0.1) is 0 Å². The van der Waals surface area contributed by atoms with Gasteiger partial charge in [-0.2, -0.15) is 0 Å². The maximum atomic E-state index is 12.3. The maximum Gasteiger partial charge on any atom is 0.196 e. The van der Waals surface area contributed by atoms with Gasteiger partial charge in [0.05, 0.1) is 0 Å². The summed E-state index contributed by atoms with van der Waals surface area (Å²) in [5.41, 5.74) is 8.29. The Balaban J connectivity index is 2.48. The highest BCUT2D eigenvalue weighted by Crippen LogP contribution is 2.22. The van der Waals surface area contributed by atoms with Crippen molar-refractivity contribution in [3.63, 3.8) is 0 Å². The molecule has 0 aliphatic carbocycles. The van der Waals surface area contributed by atoms with Crippen molar-refractivity contribution >= 4 is 27.4 Å². The molecule has 86 valence electrons. The zero-order valence-electron chi connectivity index (χ0n) is 9.27. The quantitative estimate of drug-likeness (QED) is 0.683. The number of aromatic nitrogens is 1. The lowest BCUT2D eigenvalue weighted by Gasteiger charge is -2.07. The van der Waals surface area contributed by atoms with E-state index in [2.05, 4.69) is 20.9 Å². The summed E-state index contributed by atoms with van der Waals surface area (Å²) in [4.78, 5) is 16.2. The molecule has 0 atom stereocenters. The second-order valence-corrected chi connectivity index (χ2v) is 4.67. The number of carbonyl (C=O) groups is 1. The van der Waals surface area contributed by atoms with Crippen molar-refractivity contribution in [2.24, 2.45) is 0 Å². The van der Waals surface area contributed by atoms with E-state index in [-0.39, 0.29) is 5.78 Å². The van der Waals surface area contributed by atoms with Crippen LogP contribution in [0.2, 0.25) is 0 Å². The van der Waals surface area contributed by atoms with Gasteiger partial charge < -0.3 is 5.73 Å². The molecule has 0 aliphatic rings. The molecule has 0 bridgehead atoms. The van der Waals surface area contributed by atoms with E-state index in [9.17, 15) is 4.79 Å². The number of nitrogen functional groups attached to an aromatic ring is 1. The first-order valence-corrected chi connectivity index (χ1v) is 5.89. The van der Waals surface area contributed by atoms with Gasteiger partial charge in [-0.05, 0) is 36.8 Å². The summed E-state index contributed by atoms with van der Waals surface area (Å²) >= 11 is 3.31. The normalized spacial score (nSPS) is 10.2. The van der Waals surface area contributed by atoms with Crippen LogP contribution in [0.5, 0.6) is 0 Å². The lowest BCUT2D eigenvalue weighted by molar-refractivity contribution is 0.103. The average molecular weight is 291 g/mol. The van der Waals surface area contributed by atoms with Gasteiger partial charge in [-0.3, -0.25) is 9.78 Å². The van der Waals surface area contributed by atoms with Crippen molar-refractivity contribution in [2.75, 3.05) is 5.73 Å². The Morgan fingerprint density at radius 1 is 1.29 bits per heavy atom. The van der Waals surface area contributed by atoms with Crippen LogP contribution in [-0.4, -0.2) is 10.8 Å². The molecule has 0 spiro atoms. The fourth-order valence-corrected chi connectivity index (χ4v) is 1.97. The fraction of sp³-hybridized carbons (Fsp3) is 0.0769. The predicted molar refractivity (Wildman–Crippen MR) is 71.0 cm³/mol. The van der Waals surface area contributed by atoms with Gasteiger partial charge in [-0.1, -0.05) is 15.9 Å². The third kappa shape index (κ3) is 2.36. The molecule has 2 N–H and O–H groups in total. The molecule has 1 heterocycles. The number of carbonyl (C=O) groups excluding carboxylic acids is 1. The van der Waals surface area contributed by atoms with Gasteiger partial charge in [0.25, 0.3) is 0 Å². The summed E-state index contributed by atoms with van der Waals surface area (Å²) in [6.07, 6.45) is 3.23. The van der Waals surface area contributed by atoms with E-state index >= 15 is 0 Å². The van der Waals surface area contributed by atoms with Gasteiger partial charge in [0.15, 0.2) is 5.78 Å². The Bertz CT molecular complexity index is 581. The van der Waals surface area contributed by atoms with Gasteiger partial charge >= 0.3 is 0 Å². The zero-order valence-corrected chi connectivity index (χ0v) is 10.9. The third-order valence-electron chi connectivity index (χ3n) is 2.54. The molecular weight excluding hydrogens is 280 g/mol. The summed E-state index contributed by atoms with van der Waals surface area (Å²) in [7, 11) is 0. The number of hydrogen-bond donors (Lipinski definition) is 1. The number of hydrogen-bond acceptors (Lipinski definition) is 3. The fourth-order valence-electron chi connectivity index (χ4n) is 1.59. The monoisotopic (exact) mass is 290 g/mol. The Kier molecular flexibility index (Phi) is 3.24. The van der Waals surface area contributed by atoms with E-state index in [1.165, 1.54) is 0 Å². The lowest BCUT2D eigenvalue weighted by atomic mass is 10.00. The molecule has 4 heteroatoms. The van der Waals surface area contributed by atoms with Crippen molar-refractivity contribution < 1.29 is 4.79 Å². The van der Waals surface area contributed by atoms with Crippen molar-refractivity contribution in [3.05, 3.63) is 57.8 Å². The maximum absolute atomic E-state index is 12.3. The number of aryl methyl sites for hydroxylation is 1. The van der Waals surface area contributed by atoms with Crippen LogP contribution >= 0.6 is 15.9 Å². The third-order valence-corrected chi connectivity index (χ3v) is 3.04. The molecular formula is C13H11BrN2O. The molecule has 0 fully saturated rings. The van der Waals surface area contributed by atoms with Crippen molar-refractivity contribution in [3.8, 4) is 0 Å². The van der Waals surface area contributed by atoms with Crippen LogP contribution in [0.4, 0.5) is 5.69 Å².